The predicted octanol–water partition coefficient (Wildman–Crippen LogP) is 0.687. The van der Waals surface area contributed by atoms with Crippen molar-refractivity contribution in [2.45, 2.75) is 37.1 Å². The van der Waals surface area contributed by atoms with Gasteiger partial charge in [0.1, 0.15) is 5.54 Å². The van der Waals surface area contributed by atoms with Crippen LogP contribution in [-0.2, 0) is 14.3 Å². The summed E-state index contributed by atoms with van der Waals surface area (Å²) in [7, 11) is 0.868. The average Bonchev–Trinajstić information content (AvgIpc) is 2.07. The van der Waals surface area contributed by atoms with Gasteiger partial charge in [-0.2, -0.15) is 13.2 Å². The van der Waals surface area contributed by atoms with E-state index in [1.54, 1.807) is 0 Å². The number of carboxylic acid groups (broad SMARTS) is 1. The summed E-state index contributed by atoms with van der Waals surface area (Å²) in [6.07, 6.45) is -6.32. The van der Waals surface area contributed by atoms with Crippen LogP contribution < -0.4 is 5.32 Å². The molecule has 0 bridgehead atoms. The molecular formula is C9H12F3NO4. The van der Waals surface area contributed by atoms with Gasteiger partial charge in [-0.1, -0.05) is 0 Å². The van der Waals surface area contributed by atoms with Gasteiger partial charge in [-0.05, 0) is 0 Å². The molecule has 0 unspecified atom stereocenters. The van der Waals surface area contributed by atoms with Crippen LogP contribution in [0.4, 0.5) is 13.2 Å². The molecule has 2 N–H and O–H groups in total. The number of rotatable bonds is 3. The standard InChI is InChI=1S/C9H12F3NO4/c1-5(14)13-7(6(15)16)3-8(4-7,17-2)9(10,11)12/h3-4H2,1-2H3,(H,13,14)(H,15,16). The fourth-order valence-corrected chi connectivity index (χ4v) is 2.01. The van der Waals surface area contributed by atoms with Crippen LogP contribution >= 0.6 is 0 Å². The molecule has 17 heavy (non-hydrogen) atoms. The molecular weight excluding hydrogens is 243 g/mol. The lowest BCUT2D eigenvalue weighted by atomic mass is 9.64. The number of methoxy groups -OCH3 is 1. The molecule has 0 radical (unpaired) electrons. The van der Waals surface area contributed by atoms with Crippen molar-refractivity contribution in [3.05, 3.63) is 0 Å². The van der Waals surface area contributed by atoms with Gasteiger partial charge in [-0.3, -0.25) is 4.79 Å². The third kappa shape index (κ3) is 2.08. The first-order valence-corrected chi connectivity index (χ1v) is 4.73. The van der Waals surface area contributed by atoms with E-state index >= 15 is 0 Å². The summed E-state index contributed by atoms with van der Waals surface area (Å²) in [6.45, 7) is 1.05. The summed E-state index contributed by atoms with van der Waals surface area (Å²) in [5.41, 5.74) is -4.38. The van der Waals surface area contributed by atoms with Gasteiger partial charge in [-0.15, -0.1) is 0 Å². The maximum absolute atomic E-state index is 12.7. The Morgan fingerprint density at radius 3 is 2.06 bits per heavy atom. The number of halogens is 3. The highest BCUT2D eigenvalue weighted by atomic mass is 19.4. The molecule has 0 heterocycles. The lowest BCUT2D eigenvalue weighted by molar-refractivity contribution is -0.312. The SMILES string of the molecule is COC1(C(F)(F)F)CC(NC(C)=O)(C(=O)O)C1. The van der Waals surface area contributed by atoms with Crippen LogP contribution in [0, 0.1) is 0 Å². The second-order valence-corrected chi connectivity index (χ2v) is 4.12. The number of carboxylic acids is 1. The van der Waals surface area contributed by atoms with Gasteiger partial charge in [0.05, 0.1) is 0 Å². The molecule has 0 aromatic heterocycles. The van der Waals surface area contributed by atoms with Crippen molar-refractivity contribution in [1.82, 2.24) is 5.32 Å². The molecule has 98 valence electrons. The Hall–Kier alpha value is -1.31. The minimum atomic E-state index is -4.67. The molecule has 0 aromatic rings. The molecule has 1 aliphatic carbocycles. The zero-order valence-electron chi connectivity index (χ0n) is 9.22. The molecule has 0 atom stereocenters. The number of aliphatic carboxylic acids is 1. The molecule has 1 amide bonds. The van der Waals surface area contributed by atoms with Crippen molar-refractivity contribution in [2.75, 3.05) is 7.11 Å². The fraction of sp³-hybridized carbons (Fsp3) is 0.778. The summed E-state index contributed by atoms with van der Waals surface area (Å²) in [5.74, 6) is -2.19. The Bertz CT molecular complexity index is 347. The first-order valence-electron chi connectivity index (χ1n) is 4.73. The van der Waals surface area contributed by atoms with Gasteiger partial charge < -0.3 is 15.2 Å². The van der Waals surface area contributed by atoms with Gasteiger partial charge in [0.15, 0.2) is 5.60 Å². The van der Waals surface area contributed by atoms with Gasteiger partial charge in [0.2, 0.25) is 5.91 Å². The Morgan fingerprint density at radius 1 is 1.35 bits per heavy atom. The summed E-state index contributed by atoms with van der Waals surface area (Å²) < 4.78 is 42.4. The first kappa shape index (κ1) is 13.8. The summed E-state index contributed by atoms with van der Waals surface area (Å²) in [6, 6.07) is 0. The quantitative estimate of drug-likeness (QED) is 0.777. The molecule has 5 nitrogen and oxygen atoms in total. The maximum atomic E-state index is 12.7. The van der Waals surface area contributed by atoms with E-state index in [9.17, 15) is 22.8 Å². The van der Waals surface area contributed by atoms with Crippen LogP contribution in [0.1, 0.15) is 19.8 Å². The van der Waals surface area contributed by atoms with Gasteiger partial charge in [0.25, 0.3) is 0 Å². The minimum absolute atomic E-state index is 0.695. The molecule has 0 spiro atoms. The lowest BCUT2D eigenvalue weighted by Crippen LogP contribution is -2.73. The number of carbonyl (C=O) groups excluding carboxylic acids is 1. The molecule has 0 saturated heterocycles. The molecule has 1 saturated carbocycles. The number of ether oxygens (including phenoxy) is 1. The summed E-state index contributed by atoms with van der Waals surface area (Å²) in [5, 5.41) is 10.9. The number of alkyl halides is 3. The lowest BCUT2D eigenvalue weighted by Gasteiger charge is -2.52. The monoisotopic (exact) mass is 255 g/mol. The Labute approximate surface area is 94.9 Å². The highest BCUT2D eigenvalue weighted by Gasteiger charge is 2.71. The van der Waals surface area contributed by atoms with E-state index in [1.807, 2.05) is 5.32 Å². The van der Waals surface area contributed by atoms with Crippen LogP contribution in [-0.4, -0.2) is 41.4 Å². The normalized spacial score (nSPS) is 32.8. The van der Waals surface area contributed by atoms with Crippen molar-refractivity contribution < 1.29 is 32.6 Å². The zero-order valence-corrected chi connectivity index (χ0v) is 9.22. The van der Waals surface area contributed by atoms with Crippen LogP contribution in [0.15, 0.2) is 0 Å². The summed E-state index contributed by atoms with van der Waals surface area (Å²) in [4.78, 5) is 21.7. The van der Waals surface area contributed by atoms with E-state index in [2.05, 4.69) is 4.74 Å². The fourth-order valence-electron chi connectivity index (χ4n) is 2.01. The van der Waals surface area contributed by atoms with Gasteiger partial charge >= 0.3 is 12.1 Å². The second kappa shape index (κ2) is 3.86. The Kier molecular flexibility index (Phi) is 3.13. The largest absolute Gasteiger partial charge is 0.480 e. The smallest absolute Gasteiger partial charge is 0.417 e. The third-order valence-electron chi connectivity index (χ3n) is 2.91. The first-order chi connectivity index (χ1) is 7.58. The van der Waals surface area contributed by atoms with Crippen LogP contribution in [0.5, 0.6) is 0 Å². The van der Waals surface area contributed by atoms with E-state index in [4.69, 9.17) is 5.11 Å². The number of amides is 1. The topological polar surface area (TPSA) is 75.6 Å². The molecule has 1 fully saturated rings. The van der Waals surface area contributed by atoms with Crippen molar-refractivity contribution in [3.63, 3.8) is 0 Å². The van der Waals surface area contributed by atoms with E-state index in [1.165, 1.54) is 0 Å². The number of carbonyl (C=O) groups is 2. The minimum Gasteiger partial charge on any atom is -0.480 e. The highest BCUT2D eigenvalue weighted by molar-refractivity contribution is 5.87. The van der Waals surface area contributed by atoms with Crippen LogP contribution in [0.2, 0.25) is 0 Å². The van der Waals surface area contributed by atoms with Gasteiger partial charge in [0, 0.05) is 26.9 Å². The van der Waals surface area contributed by atoms with E-state index in [-0.39, 0.29) is 0 Å². The number of nitrogens with one attached hydrogen (secondary N) is 1. The van der Waals surface area contributed by atoms with Crippen molar-refractivity contribution in [3.8, 4) is 0 Å². The predicted molar refractivity (Wildman–Crippen MR) is 49.2 cm³/mol. The molecule has 1 rings (SSSR count). The van der Waals surface area contributed by atoms with E-state index in [0.717, 1.165) is 14.0 Å². The van der Waals surface area contributed by atoms with E-state index < -0.39 is 42.0 Å². The summed E-state index contributed by atoms with van der Waals surface area (Å²) >= 11 is 0. The molecule has 8 heteroatoms. The average molecular weight is 255 g/mol. The zero-order chi connectivity index (χ0) is 13.5. The Balaban J connectivity index is 2.93. The Morgan fingerprint density at radius 2 is 1.82 bits per heavy atom. The second-order valence-electron chi connectivity index (χ2n) is 4.12. The molecule has 0 aromatic carbocycles. The number of hydrogen-bond acceptors (Lipinski definition) is 3. The van der Waals surface area contributed by atoms with Crippen molar-refractivity contribution >= 4 is 11.9 Å². The maximum Gasteiger partial charge on any atom is 0.417 e. The van der Waals surface area contributed by atoms with Crippen LogP contribution in [0.3, 0.4) is 0 Å². The van der Waals surface area contributed by atoms with Gasteiger partial charge in [-0.25, -0.2) is 4.79 Å². The molecule has 0 aliphatic heterocycles. The van der Waals surface area contributed by atoms with Crippen molar-refractivity contribution in [1.29, 1.82) is 0 Å². The van der Waals surface area contributed by atoms with Crippen LogP contribution in [0.25, 0.3) is 0 Å². The molecule has 1 aliphatic rings. The third-order valence-corrected chi connectivity index (χ3v) is 2.91. The number of hydrogen-bond donors (Lipinski definition) is 2. The van der Waals surface area contributed by atoms with Crippen molar-refractivity contribution in [2.24, 2.45) is 0 Å². The highest BCUT2D eigenvalue weighted by Crippen LogP contribution is 2.53. The van der Waals surface area contributed by atoms with E-state index in [0.29, 0.717) is 0 Å².